The zero-order chi connectivity index (χ0) is 52.8. The predicted octanol–water partition coefficient (Wildman–Crippen LogP) is 13.4. The Morgan fingerprint density at radius 2 is 0.806 bits per heavy atom. The van der Waals surface area contributed by atoms with E-state index in [1.807, 2.05) is 0 Å². The van der Waals surface area contributed by atoms with E-state index < -0.39 is 78.5 Å². The number of amides is 1. The molecule has 0 aromatic heterocycles. The molecule has 1 saturated heterocycles. The molecule has 1 amide bonds. The van der Waals surface area contributed by atoms with Crippen LogP contribution in [0.4, 0.5) is 0 Å². The number of aliphatic hydroxyl groups excluding tert-OH is 5. The molecule has 8 unspecified atom stereocenters. The van der Waals surface area contributed by atoms with E-state index in [-0.39, 0.29) is 6.42 Å². The first-order valence-electron chi connectivity index (χ1n) is 30.5. The van der Waals surface area contributed by atoms with Crippen LogP contribution in [0.3, 0.4) is 0 Å². The smallest absolute Gasteiger partial charge is 0.394 e. The van der Waals surface area contributed by atoms with Gasteiger partial charge in [0.05, 0.1) is 25.4 Å². The highest BCUT2D eigenvalue weighted by Crippen LogP contribution is 2.26. The molecule has 1 aliphatic rings. The van der Waals surface area contributed by atoms with Gasteiger partial charge in [-0.25, -0.2) is 4.18 Å². The van der Waals surface area contributed by atoms with Crippen molar-refractivity contribution in [3.63, 3.8) is 0 Å². The zero-order valence-electron chi connectivity index (χ0n) is 46.4. The fourth-order valence-electron chi connectivity index (χ4n) is 10.2. The number of hydrogen-bond donors (Lipinski definition) is 7. The van der Waals surface area contributed by atoms with Gasteiger partial charge in [-0.1, -0.05) is 290 Å². The van der Waals surface area contributed by atoms with Crippen molar-refractivity contribution in [1.29, 1.82) is 0 Å². The van der Waals surface area contributed by atoms with E-state index in [4.69, 9.17) is 14.0 Å². The van der Waals surface area contributed by atoms with Crippen LogP contribution in [0.2, 0.25) is 0 Å². The molecule has 1 heterocycles. The average Bonchev–Trinajstić information content (AvgIpc) is 3.36. The summed E-state index contributed by atoms with van der Waals surface area (Å²) in [7, 11) is -5.10. The van der Waals surface area contributed by atoms with E-state index in [2.05, 4.69) is 23.3 Å². The van der Waals surface area contributed by atoms with Crippen LogP contribution in [0.25, 0.3) is 0 Å². The Kier molecular flexibility index (Phi) is 46.5. The maximum absolute atomic E-state index is 13.1. The minimum absolute atomic E-state index is 0.265. The maximum atomic E-state index is 13.1. The van der Waals surface area contributed by atoms with Crippen molar-refractivity contribution in [3.8, 4) is 0 Å². The molecule has 14 heteroatoms. The first-order chi connectivity index (χ1) is 34.9. The Morgan fingerprint density at radius 1 is 0.500 bits per heavy atom. The summed E-state index contributed by atoms with van der Waals surface area (Å²) < 4.78 is 47.4. The van der Waals surface area contributed by atoms with Crippen molar-refractivity contribution in [2.75, 3.05) is 13.2 Å². The van der Waals surface area contributed by atoms with Crippen LogP contribution < -0.4 is 5.32 Å². The average molecular weight is 1050 g/mol. The second-order valence-corrected chi connectivity index (χ2v) is 22.8. The van der Waals surface area contributed by atoms with E-state index in [1.165, 1.54) is 218 Å². The van der Waals surface area contributed by atoms with Gasteiger partial charge in [0.25, 0.3) is 0 Å². The topological polar surface area (TPSA) is 212 Å². The lowest BCUT2D eigenvalue weighted by Gasteiger charge is -2.41. The molecule has 0 aromatic carbocycles. The molecule has 8 atom stereocenters. The summed E-state index contributed by atoms with van der Waals surface area (Å²) in [5.41, 5.74) is 0. The summed E-state index contributed by atoms with van der Waals surface area (Å²) in [6, 6.07) is -1.03. The molecule has 0 saturated carbocycles. The van der Waals surface area contributed by atoms with Gasteiger partial charge >= 0.3 is 10.4 Å². The Labute approximate surface area is 441 Å². The standard InChI is InChI=1S/C58H115NO12S/c1-3-5-7-9-10-11-12-13-14-15-16-17-18-19-20-21-22-23-24-25-26-27-28-29-30-31-32-33-34-35-36-37-38-39-40-41-43-45-47-52(62)57(65)59-50(51(61)46-44-42-8-6-4-2)49-69-58-55(64)56(71-72(66,67)68)54(63)53(48-60)70-58/h50-56,58,60-64H,3-49H2,1-2H3,(H,59,65)(H,66,67,68). The van der Waals surface area contributed by atoms with Crippen molar-refractivity contribution in [2.24, 2.45) is 0 Å². The number of nitrogens with one attached hydrogen (secondary N) is 1. The van der Waals surface area contributed by atoms with Crippen LogP contribution in [0, 0.1) is 0 Å². The van der Waals surface area contributed by atoms with E-state index in [9.17, 15) is 38.7 Å². The SMILES string of the molecule is CCCCCCCCCCCCCCCCCCCCCCCCCCCCCCCCCCCCCCCCC(O)C(=O)NC(COC1OC(CO)C(O)C(OS(=O)(=O)O)C1O)C(O)CCCCCCC. The molecule has 0 aliphatic carbocycles. The fourth-order valence-corrected chi connectivity index (χ4v) is 10.7. The van der Waals surface area contributed by atoms with Crippen LogP contribution >= 0.6 is 0 Å². The Morgan fingerprint density at radius 3 is 1.11 bits per heavy atom. The van der Waals surface area contributed by atoms with Crippen LogP contribution in [0.1, 0.15) is 303 Å². The van der Waals surface area contributed by atoms with Crippen LogP contribution in [-0.2, 0) is 28.9 Å². The van der Waals surface area contributed by atoms with Crippen LogP contribution in [0.5, 0.6) is 0 Å². The first kappa shape index (κ1) is 69.1. The number of ether oxygens (including phenoxy) is 2. The third-order valence-corrected chi connectivity index (χ3v) is 15.5. The minimum atomic E-state index is -5.10. The molecule has 430 valence electrons. The van der Waals surface area contributed by atoms with Gasteiger partial charge in [-0.2, -0.15) is 8.42 Å². The lowest BCUT2D eigenvalue weighted by molar-refractivity contribution is -0.298. The molecule has 72 heavy (non-hydrogen) atoms. The zero-order valence-corrected chi connectivity index (χ0v) is 47.2. The monoisotopic (exact) mass is 1050 g/mol. The number of carbonyl (C=O) groups excluding carboxylic acids is 1. The lowest BCUT2D eigenvalue weighted by atomic mass is 9.99. The predicted molar refractivity (Wildman–Crippen MR) is 293 cm³/mol. The molecule has 1 fully saturated rings. The molecule has 1 aliphatic heterocycles. The maximum Gasteiger partial charge on any atom is 0.397 e. The summed E-state index contributed by atoms with van der Waals surface area (Å²) in [4.78, 5) is 13.1. The fraction of sp³-hybridized carbons (Fsp3) is 0.983. The summed E-state index contributed by atoms with van der Waals surface area (Å²) in [6.45, 7) is 3.20. The molecule has 0 spiro atoms. The quantitative estimate of drug-likeness (QED) is 0.0224. The van der Waals surface area contributed by atoms with Gasteiger partial charge < -0.3 is 40.3 Å². The van der Waals surface area contributed by atoms with Gasteiger partial charge in [-0.05, 0) is 12.8 Å². The van der Waals surface area contributed by atoms with Gasteiger partial charge in [-0.3, -0.25) is 9.35 Å². The van der Waals surface area contributed by atoms with Crippen molar-refractivity contribution in [2.45, 2.75) is 352 Å². The van der Waals surface area contributed by atoms with Crippen molar-refractivity contribution in [3.05, 3.63) is 0 Å². The van der Waals surface area contributed by atoms with Gasteiger partial charge in [-0.15, -0.1) is 0 Å². The summed E-state index contributed by atoms with van der Waals surface area (Å²) in [5.74, 6) is -0.670. The minimum Gasteiger partial charge on any atom is -0.394 e. The molecular formula is C58H115NO12S. The first-order valence-corrected chi connectivity index (χ1v) is 31.9. The summed E-state index contributed by atoms with van der Waals surface area (Å²) in [5, 5.41) is 55.1. The second kappa shape index (κ2) is 48.4. The van der Waals surface area contributed by atoms with E-state index in [0.29, 0.717) is 19.3 Å². The van der Waals surface area contributed by atoms with Crippen molar-refractivity contribution < 1.29 is 57.0 Å². The lowest BCUT2D eigenvalue weighted by Crippen LogP contribution is -2.61. The molecule has 0 radical (unpaired) electrons. The normalized spacial score (nSPS) is 19.7. The number of hydrogen-bond acceptors (Lipinski definition) is 11. The van der Waals surface area contributed by atoms with Crippen molar-refractivity contribution in [1.82, 2.24) is 5.32 Å². The largest absolute Gasteiger partial charge is 0.397 e. The summed E-state index contributed by atoms with van der Waals surface area (Å²) >= 11 is 0. The third kappa shape index (κ3) is 39.4. The highest BCUT2D eigenvalue weighted by molar-refractivity contribution is 7.80. The number of unbranched alkanes of at least 4 members (excludes halogenated alkanes) is 41. The van der Waals surface area contributed by atoms with Crippen LogP contribution in [-0.4, -0.2) is 107 Å². The Balaban J connectivity index is 2.02. The highest BCUT2D eigenvalue weighted by atomic mass is 32.3. The number of aliphatic hydroxyl groups is 5. The van der Waals surface area contributed by atoms with E-state index in [1.54, 1.807) is 0 Å². The molecule has 1 rings (SSSR count). The van der Waals surface area contributed by atoms with Crippen LogP contribution in [0.15, 0.2) is 0 Å². The Hall–Kier alpha value is -0.940. The number of carbonyl (C=O) groups is 1. The molecule has 0 aromatic rings. The van der Waals surface area contributed by atoms with Crippen molar-refractivity contribution >= 4 is 16.3 Å². The van der Waals surface area contributed by atoms with Gasteiger partial charge in [0.2, 0.25) is 5.91 Å². The van der Waals surface area contributed by atoms with Gasteiger partial charge in [0.1, 0.15) is 30.5 Å². The summed E-state index contributed by atoms with van der Waals surface area (Å²) in [6.07, 6.45) is 45.8. The highest BCUT2D eigenvalue weighted by Gasteiger charge is 2.48. The molecule has 13 nitrogen and oxygen atoms in total. The molecule has 7 N–H and O–H groups in total. The van der Waals surface area contributed by atoms with Gasteiger partial charge in [0.15, 0.2) is 6.29 Å². The molecule has 0 bridgehead atoms. The number of rotatable bonds is 54. The third-order valence-electron chi connectivity index (χ3n) is 15.0. The van der Waals surface area contributed by atoms with E-state index >= 15 is 0 Å². The van der Waals surface area contributed by atoms with Gasteiger partial charge in [0, 0.05) is 0 Å². The second-order valence-electron chi connectivity index (χ2n) is 21.8. The van der Waals surface area contributed by atoms with E-state index in [0.717, 1.165) is 44.9 Å². The molecular weight excluding hydrogens is 935 g/mol. The Bertz CT molecular complexity index is 1300.